The third-order valence-corrected chi connectivity index (χ3v) is 5.77. The van der Waals surface area contributed by atoms with Crippen LogP contribution in [0.2, 0.25) is 0 Å². The molecule has 20 heavy (non-hydrogen) atoms. The molecule has 1 atom stereocenters. The lowest BCUT2D eigenvalue weighted by atomic mass is 9.99. The Hall–Kier alpha value is -0.940. The number of aromatic nitrogens is 1. The van der Waals surface area contributed by atoms with Crippen molar-refractivity contribution in [2.24, 2.45) is 0 Å². The summed E-state index contributed by atoms with van der Waals surface area (Å²) in [5.41, 5.74) is 4.59. The highest BCUT2D eigenvalue weighted by atomic mass is 32.2. The van der Waals surface area contributed by atoms with E-state index in [9.17, 15) is 8.42 Å². The molecule has 1 N–H and O–H groups in total. The van der Waals surface area contributed by atoms with Crippen LogP contribution in [0.3, 0.4) is 0 Å². The van der Waals surface area contributed by atoms with E-state index in [0.29, 0.717) is 24.3 Å². The number of nitrogens with zero attached hydrogens (tertiary/aromatic N) is 1. The standard InChI is InChI=1S/C15H24N2O2S/c1-10-9-11(2)16-12(3)15(10)13(4)17-14-5-7-20(18,19)8-6-14/h9,13-14,17H,5-8H2,1-4H3. The molecule has 5 heteroatoms. The number of hydrogen-bond donors (Lipinski definition) is 1. The van der Waals surface area contributed by atoms with Gasteiger partial charge in [-0.1, -0.05) is 0 Å². The van der Waals surface area contributed by atoms with Gasteiger partial charge in [-0.3, -0.25) is 4.98 Å². The minimum absolute atomic E-state index is 0.203. The Labute approximate surface area is 121 Å². The maximum absolute atomic E-state index is 11.5. The van der Waals surface area contributed by atoms with E-state index in [2.05, 4.69) is 30.2 Å². The topological polar surface area (TPSA) is 59.1 Å². The summed E-state index contributed by atoms with van der Waals surface area (Å²) in [6.45, 7) is 8.29. The first-order chi connectivity index (χ1) is 9.28. The van der Waals surface area contributed by atoms with Crippen LogP contribution < -0.4 is 5.32 Å². The van der Waals surface area contributed by atoms with E-state index in [1.165, 1.54) is 11.1 Å². The van der Waals surface area contributed by atoms with Crippen molar-refractivity contribution >= 4 is 9.84 Å². The normalized spacial score (nSPS) is 20.8. The number of pyridine rings is 1. The third kappa shape index (κ3) is 3.58. The first-order valence-corrected chi connectivity index (χ1v) is 9.02. The summed E-state index contributed by atoms with van der Waals surface area (Å²) >= 11 is 0. The summed E-state index contributed by atoms with van der Waals surface area (Å²) in [7, 11) is -2.79. The average molecular weight is 296 g/mol. The molecule has 0 aromatic carbocycles. The highest BCUT2D eigenvalue weighted by Gasteiger charge is 2.25. The van der Waals surface area contributed by atoms with Crippen molar-refractivity contribution < 1.29 is 8.42 Å². The molecule has 2 rings (SSSR count). The van der Waals surface area contributed by atoms with Crippen LogP contribution in [0, 0.1) is 20.8 Å². The molecule has 1 aromatic heterocycles. The lowest BCUT2D eigenvalue weighted by Gasteiger charge is -2.28. The molecule has 0 spiro atoms. The molecule has 0 aliphatic carbocycles. The van der Waals surface area contributed by atoms with E-state index < -0.39 is 9.84 Å². The molecule has 0 bridgehead atoms. The van der Waals surface area contributed by atoms with Crippen molar-refractivity contribution in [3.63, 3.8) is 0 Å². The van der Waals surface area contributed by atoms with Crippen molar-refractivity contribution in [1.29, 1.82) is 0 Å². The van der Waals surface area contributed by atoms with E-state index in [1.807, 2.05) is 13.8 Å². The molecule has 1 unspecified atom stereocenters. The summed E-state index contributed by atoms with van der Waals surface area (Å²) in [6, 6.07) is 2.59. The second-order valence-corrected chi connectivity index (χ2v) is 8.20. The summed E-state index contributed by atoms with van der Waals surface area (Å²) in [6.07, 6.45) is 1.42. The Bertz CT molecular complexity index is 559. The minimum atomic E-state index is -2.79. The van der Waals surface area contributed by atoms with Crippen LogP contribution in [0.5, 0.6) is 0 Å². The second kappa shape index (κ2) is 5.82. The van der Waals surface area contributed by atoms with Crippen molar-refractivity contribution in [1.82, 2.24) is 10.3 Å². The predicted molar refractivity (Wildman–Crippen MR) is 81.7 cm³/mol. The zero-order valence-corrected chi connectivity index (χ0v) is 13.5. The Balaban J connectivity index is 2.08. The smallest absolute Gasteiger partial charge is 0.150 e. The van der Waals surface area contributed by atoms with Gasteiger partial charge >= 0.3 is 0 Å². The van der Waals surface area contributed by atoms with Gasteiger partial charge in [0.25, 0.3) is 0 Å². The molecular weight excluding hydrogens is 272 g/mol. The monoisotopic (exact) mass is 296 g/mol. The number of aryl methyl sites for hydroxylation is 3. The molecule has 1 saturated heterocycles. The Morgan fingerprint density at radius 2 is 1.85 bits per heavy atom. The fraction of sp³-hybridized carbons (Fsp3) is 0.667. The largest absolute Gasteiger partial charge is 0.307 e. The van der Waals surface area contributed by atoms with E-state index in [-0.39, 0.29) is 12.1 Å². The number of sulfone groups is 1. The molecular formula is C15H24N2O2S. The Morgan fingerprint density at radius 3 is 2.40 bits per heavy atom. The van der Waals surface area contributed by atoms with Crippen LogP contribution >= 0.6 is 0 Å². The van der Waals surface area contributed by atoms with Crippen molar-refractivity contribution in [3.8, 4) is 0 Å². The van der Waals surface area contributed by atoms with Gasteiger partial charge in [0, 0.05) is 23.5 Å². The van der Waals surface area contributed by atoms with Crippen LogP contribution in [0.25, 0.3) is 0 Å². The van der Waals surface area contributed by atoms with Crippen molar-refractivity contribution in [2.75, 3.05) is 11.5 Å². The van der Waals surface area contributed by atoms with Crippen LogP contribution in [-0.4, -0.2) is 30.9 Å². The fourth-order valence-electron chi connectivity index (χ4n) is 3.18. The van der Waals surface area contributed by atoms with Gasteiger partial charge in [-0.15, -0.1) is 0 Å². The maximum Gasteiger partial charge on any atom is 0.150 e. The van der Waals surface area contributed by atoms with Gasteiger partial charge in [0.05, 0.1) is 11.5 Å². The number of nitrogens with one attached hydrogen (secondary N) is 1. The maximum atomic E-state index is 11.5. The van der Waals surface area contributed by atoms with E-state index in [0.717, 1.165) is 11.4 Å². The summed E-state index contributed by atoms with van der Waals surface area (Å²) < 4.78 is 22.9. The lowest BCUT2D eigenvalue weighted by Crippen LogP contribution is -2.39. The zero-order chi connectivity index (χ0) is 14.9. The molecule has 1 aliphatic rings. The molecule has 1 aliphatic heterocycles. The van der Waals surface area contributed by atoms with Gasteiger partial charge in [0.15, 0.2) is 0 Å². The first-order valence-electron chi connectivity index (χ1n) is 7.20. The van der Waals surface area contributed by atoms with Crippen molar-refractivity contribution in [3.05, 3.63) is 28.6 Å². The van der Waals surface area contributed by atoms with Crippen LogP contribution in [0.1, 0.15) is 48.3 Å². The second-order valence-electron chi connectivity index (χ2n) is 5.89. The SMILES string of the molecule is Cc1cc(C)c(C(C)NC2CCS(=O)(=O)CC2)c(C)n1. The molecule has 4 nitrogen and oxygen atoms in total. The molecule has 112 valence electrons. The average Bonchev–Trinajstić information content (AvgIpc) is 2.30. The van der Waals surface area contributed by atoms with Gasteiger partial charge in [-0.05, 0) is 57.7 Å². The Kier molecular flexibility index (Phi) is 4.49. The third-order valence-electron chi connectivity index (χ3n) is 4.06. The zero-order valence-electron chi connectivity index (χ0n) is 12.7. The van der Waals surface area contributed by atoms with Gasteiger partial charge in [0.1, 0.15) is 9.84 Å². The molecule has 0 saturated carbocycles. The highest BCUT2D eigenvalue weighted by molar-refractivity contribution is 7.91. The summed E-state index contributed by atoms with van der Waals surface area (Å²) in [5, 5.41) is 3.57. The number of rotatable bonds is 3. The van der Waals surface area contributed by atoms with Crippen molar-refractivity contribution in [2.45, 2.75) is 52.6 Å². The predicted octanol–water partition coefficient (Wildman–Crippen LogP) is 2.23. The molecule has 2 heterocycles. The van der Waals surface area contributed by atoms with Gasteiger partial charge in [0.2, 0.25) is 0 Å². The van der Waals surface area contributed by atoms with E-state index in [4.69, 9.17) is 0 Å². The van der Waals surface area contributed by atoms with Gasteiger partial charge in [-0.2, -0.15) is 0 Å². The fourth-order valence-corrected chi connectivity index (χ4v) is 4.67. The van der Waals surface area contributed by atoms with Crippen LogP contribution in [0.15, 0.2) is 6.07 Å². The van der Waals surface area contributed by atoms with E-state index >= 15 is 0 Å². The first kappa shape index (κ1) is 15.4. The highest BCUT2D eigenvalue weighted by Crippen LogP contribution is 2.23. The molecule has 1 aromatic rings. The van der Waals surface area contributed by atoms with Crippen LogP contribution in [-0.2, 0) is 9.84 Å². The quantitative estimate of drug-likeness (QED) is 0.929. The summed E-state index contributed by atoms with van der Waals surface area (Å²) in [5.74, 6) is 0.614. The summed E-state index contributed by atoms with van der Waals surface area (Å²) in [4.78, 5) is 4.54. The lowest BCUT2D eigenvalue weighted by molar-refractivity contribution is 0.418. The molecule has 1 fully saturated rings. The van der Waals surface area contributed by atoms with Crippen LogP contribution in [0.4, 0.5) is 0 Å². The minimum Gasteiger partial charge on any atom is -0.307 e. The van der Waals surface area contributed by atoms with Gasteiger partial charge < -0.3 is 5.32 Å². The van der Waals surface area contributed by atoms with Gasteiger partial charge in [-0.25, -0.2) is 8.42 Å². The Morgan fingerprint density at radius 1 is 1.25 bits per heavy atom. The number of hydrogen-bond acceptors (Lipinski definition) is 4. The van der Waals surface area contributed by atoms with E-state index in [1.54, 1.807) is 0 Å². The molecule has 0 radical (unpaired) electrons. The molecule has 0 amide bonds.